The molecule has 0 aromatic carbocycles. The van der Waals surface area contributed by atoms with Gasteiger partial charge in [0, 0.05) is 36.0 Å². The highest BCUT2D eigenvalue weighted by atomic mass is 16.5. The first kappa shape index (κ1) is 28.9. The molecule has 0 aromatic rings. The van der Waals surface area contributed by atoms with Gasteiger partial charge in [0.05, 0.1) is 12.7 Å². The highest BCUT2D eigenvalue weighted by Gasteiger charge is 2.69. The molecular weight excluding hydrogens is 492 g/mol. The van der Waals surface area contributed by atoms with Gasteiger partial charge in [0.15, 0.2) is 11.6 Å². The first-order valence-corrected chi connectivity index (χ1v) is 14.1. The van der Waals surface area contributed by atoms with E-state index in [-0.39, 0.29) is 61.8 Å². The average Bonchev–Trinajstić information content (AvgIpc) is 3.14. The maximum Gasteiger partial charge on any atom is 0.306 e. The maximum atomic E-state index is 12.8. The first-order chi connectivity index (χ1) is 17.9. The number of ketones is 2. The fraction of sp³-hybridized carbons (Fsp3) is 0.793. The average molecular weight is 535 g/mol. The molecule has 0 aliphatic heterocycles. The summed E-state index contributed by atoms with van der Waals surface area (Å²) in [6.07, 6.45) is 3.93. The standard InChI is InChI=1S/C29H42O9/c1-4-24(34)37-12-6-5-7-25(35)38-23-14-18(31)13-17-8-9-19-20-10-11-29(36,22(33)16-30)27(20,2)15-21(32)26(19)28(17,23)3/h13,19-21,23,26,30,32,36H,4-12,14-16H2,1-3H3/t19-,20-,21-,23?,26+,27-,28+,29-/m0/s1. The van der Waals surface area contributed by atoms with Crippen LogP contribution in [0, 0.1) is 28.6 Å². The minimum absolute atomic E-state index is 0.0333. The molecule has 8 atom stereocenters. The highest BCUT2D eigenvalue weighted by Crippen LogP contribution is 2.67. The van der Waals surface area contributed by atoms with Crippen molar-refractivity contribution in [1.29, 1.82) is 0 Å². The molecule has 3 fully saturated rings. The molecular formula is C29H42O9. The van der Waals surface area contributed by atoms with E-state index in [0.717, 1.165) is 5.57 Å². The van der Waals surface area contributed by atoms with E-state index >= 15 is 0 Å². The Kier molecular flexibility index (Phi) is 8.22. The van der Waals surface area contributed by atoms with E-state index in [0.29, 0.717) is 38.5 Å². The second kappa shape index (κ2) is 10.8. The van der Waals surface area contributed by atoms with Crippen LogP contribution in [-0.2, 0) is 28.7 Å². The van der Waals surface area contributed by atoms with Crippen LogP contribution in [-0.4, -0.2) is 69.8 Å². The van der Waals surface area contributed by atoms with Gasteiger partial charge >= 0.3 is 11.9 Å². The Balaban J connectivity index is 1.53. The molecule has 1 unspecified atom stereocenters. The van der Waals surface area contributed by atoms with Gasteiger partial charge in [-0.25, -0.2) is 0 Å². The van der Waals surface area contributed by atoms with E-state index in [1.54, 1.807) is 13.0 Å². The molecule has 0 aromatic heterocycles. The third-order valence-corrected chi connectivity index (χ3v) is 10.3. The zero-order valence-corrected chi connectivity index (χ0v) is 22.7. The van der Waals surface area contributed by atoms with Crippen molar-refractivity contribution in [3.05, 3.63) is 11.6 Å². The fourth-order valence-corrected chi connectivity index (χ4v) is 8.34. The van der Waals surface area contributed by atoms with Gasteiger partial charge in [0.25, 0.3) is 0 Å². The van der Waals surface area contributed by atoms with E-state index in [2.05, 4.69) is 0 Å². The zero-order valence-electron chi connectivity index (χ0n) is 22.7. The van der Waals surface area contributed by atoms with Crippen molar-refractivity contribution in [2.75, 3.05) is 13.2 Å². The summed E-state index contributed by atoms with van der Waals surface area (Å²) in [7, 11) is 0. The Bertz CT molecular complexity index is 1000. The molecule has 0 radical (unpaired) electrons. The molecule has 4 rings (SSSR count). The lowest BCUT2D eigenvalue weighted by Gasteiger charge is -2.61. The number of unbranched alkanes of at least 4 members (excludes halogenated alkanes) is 1. The van der Waals surface area contributed by atoms with Gasteiger partial charge in [-0.1, -0.05) is 26.3 Å². The third-order valence-electron chi connectivity index (χ3n) is 10.3. The maximum absolute atomic E-state index is 12.8. The summed E-state index contributed by atoms with van der Waals surface area (Å²) in [4.78, 5) is 49.4. The molecule has 0 spiro atoms. The van der Waals surface area contributed by atoms with Gasteiger partial charge in [-0.3, -0.25) is 19.2 Å². The second-order valence-electron chi connectivity index (χ2n) is 12.1. The minimum atomic E-state index is -1.69. The highest BCUT2D eigenvalue weighted by molar-refractivity contribution is 5.92. The lowest BCUT2D eigenvalue weighted by molar-refractivity contribution is -0.197. The molecule has 212 valence electrons. The quantitative estimate of drug-likeness (QED) is 0.300. The van der Waals surface area contributed by atoms with E-state index in [9.17, 15) is 34.5 Å². The van der Waals surface area contributed by atoms with Gasteiger partial charge in [-0.05, 0) is 62.9 Å². The van der Waals surface area contributed by atoms with Crippen LogP contribution in [0.1, 0.15) is 85.0 Å². The van der Waals surface area contributed by atoms with Crippen molar-refractivity contribution < 1.29 is 44.0 Å². The van der Waals surface area contributed by atoms with Crippen molar-refractivity contribution in [3.8, 4) is 0 Å². The summed E-state index contributed by atoms with van der Waals surface area (Å²) < 4.78 is 11.0. The molecule has 38 heavy (non-hydrogen) atoms. The van der Waals surface area contributed by atoms with Gasteiger partial charge in [0.2, 0.25) is 0 Å². The summed E-state index contributed by atoms with van der Waals surface area (Å²) in [6.45, 7) is 5.05. The molecule has 4 aliphatic rings. The van der Waals surface area contributed by atoms with Crippen LogP contribution in [0.5, 0.6) is 0 Å². The van der Waals surface area contributed by atoms with E-state index in [1.807, 2.05) is 13.8 Å². The van der Waals surface area contributed by atoms with Crippen molar-refractivity contribution in [2.45, 2.75) is 103 Å². The molecule has 0 saturated heterocycles. The van der Waals surface area contributed by atoms with Crippen LogP contribution in [0.15, 0.2) is 11.6 Å². The molecule has 3 saturated carbocycles. The number of hydrogen-bond acceptors (Lipinski definition) is 9. The molecule has 9 heteroatoms. The lowest BCUT2D eigenvalue weighted by atomic mass is 9.44. The number of fused-ring (bicyclic) bond motifs is 5. The van der Waals surface area contributed by atoms with Crippen LogP contribution in [0.2, 0.25) is 0 Å². The Morgan fingerprint density at radius 3 is 2.55 bits per heavy atom. The summed E-state index contributed by atoms with van der Waals surface area (Å²) in [5, 5.41) is 32.6. The summed E-state index contributed by atoms with van der Waals surface area (Å²) >= 11 is 0. The number of carbonyl (C=O) groups is 4. The molecule has 9 nitrogen and oxygen atoms in total. The van der Waals surface area contributed by atoms with Gasteiger partial charge in [-0.15, -0.1) is 0 Å². The monoisotopic (exact) mass is 534 g/mol. The number of Topliss-reactive ketones (excluding diaryl/α,β-unsaturated/α-hetero) is 1. The number of aliphatic hydroxyl groups excluding tert-OH is 2. The Morgan fingerprint density at radius 1 is 1.13 bits per heavy atom. The topological polar surface area (TPSA) is 147 Å². The van der Waals surface area contributed by atoms with E-state index in [4.69, 9.17) is 9.47 Å². The molecule has 0 bridgehead atoms. The van der Waals surface area contributed by atoms with Crippen molar-refractivity contribution in [3.63, 3.8) is 0 Å². The van der Waals surface area contributed by atoms with Crippen LogP contribution in [0.3, 0.4) is 0 Å². The summed E-state index contributed by atoms with van der Waals surface area (Å²) in [6, 6.07) is 0. The van der Waals surface area contributed by atoms with Gasteiger partial charge < -0.3 is 24.8 Å². The molecule has 0 heterocycles. The van der Waals surface area contributed by atoms with Crippen molar-refractivity contribution in [1.82, 2.24) is 0 Å². The lowest BCUT2D eigenvalue weighted by Crippen LogP contribution is -2.64. The Morgan fingerprint density at radius 2 is 1.87 bits per heavy atom. The Labute approximate surface area is 224 Å². The van der Waals surface area contributed by atoms with E-state index < -0.39 is 47.0 Å². The summed E-state index contributed by atoms with van der Waals surface area (Å²) in [5.74, 6) is -1.78. The molecule has 3 N–H and O–H groups in total. The van der Waals surface area contributed by atoms with Crippen molar-refractivity contribution >= 4 is 23.5 Å². The predicted octanol–water partition coefficient (Wildman–Crippen LogP) is 2.43. The number of carbonyl (C=O) groups excluding carboxylic acids is 4. The number of hydrogen-bond donors (Lipinski definition) is 3. The number of esters is 2. The SMILES string of the molecule is CCC(=O)OCCCCC(=O)OC1CC(=O)C=C2CC[C@@H]3[C@H]([C@@H](O)C[C@@]4(C)[C@H]3CC[C@]4(O)C(=O)CO)[C@]21C. The van der Waals surface area contributed by atoms with E-state index in [1.165, 1.54) is 0 Å². The van der Waals surface area contributed by atoms with Crippen LogP contribution in [0.4, 0.5) is 0 Å². The molecule has 0 amide bonds. The Hall–Kier alpha value is -2.10. The zero-order chi connectivity index (χ0) is 27.9. The minimum Gasteiger partial charge on any atom is -0.466 e. The second-order valence-corrected chi connectivity index (χ2v) is 12.1. The predicted molar refractivity (Wildman–Crippen MR) is 136 cm³/mol. The third kappa shape index (κ3) is 4.64. The van der Waals surface area contributed by atoms with Gasteiger partial charge in [-0.2, -0.15) is 0 Å². The number of aliphatic hydroxyl groups is 3. The number of rotatable bonds is 9. The van der Waals surface area contributed by atoms with Crippen molar-refractivity contribution in [2.24, 2.45) is 28.6 Å². The summed E-state index contributed by atoms with van der Waals surface area (Å²) in [5.41, 5.74) is -2.41. The smallest absolute Gasteiger partial charge is 0.306 e. The van der Waals surface area contributed by atoms with Gasteiger partial charge in [0.1, 0.15) is 18.3 Å². The number of ether oxygens (including phenoxy) is 2. The van der Waals surface area contributed by atoms with Crippen LogP contribution >= 0.6 is 0 Å². The normalized spacial score (nSPS) is 39.9. The largest absolute Gasteiger partial charge is 0.466 e. The van der Waals surface area contributed by atoms with Crippen LogP contribution < -0.4 is 0 Å². The fourth-order valence-electron chi connectivity index (χ4n) is 8.34. The molecule has 4 aliphatic carbocycles. The van der Waals surface area contributed by atoms with Crippen LogP contribution in [0.25, 0.3) is 0 Å². The first-order valence-electron chi connectivity index (χ1n) is 14.1.